The highest BCUT2D eigenvalue weighted by Gasteiger charge is 2.61. The van der Waals surface area contributed by atoms with Crippen molar-refractivity contribution in [3.8, 4) is 0 Å². The molecule has 0 saturated carbocycles. The van der Waals surface area contributed by atoms with Gasteiger partial charge in [0, 0.05) is 6.92 Å². The van der Waals surface area contributed by atoms with Gasteiger partial charge < -0.3 is 0 Å². The third-order valence-corrected chi connectivity index (χ3v) is 4.77. The third kappa shape index (κ3) is 1.04. The second kappa shape index (κ2) is 2.59. The highest BCUT2D eigenvalue weighted by Crippen LogP contribution is 2.44. The molecule has 1 saturated heterocycles. The van der Waals surface area contributed by atoms with Crippen LogP contribution in [0.2, 0.25) is 0 Å². The van der Waals surface area contributed by atoms with Crippen molar-refractivity contribution in [2.45, 2.75) is 26.3 Å². The van der Waals surface area contributed by atoms with Crippen LogP contribution < -0.4 is 0 Å². The van der Waals surface area contributed by atoms with E-state index in [1.165, 1.54) is 4.88 Å². The number of thiophene rings is 1. The average molecular weight is 219 g/mol. The molecule has 1 aromatic rings. The van der Waals surface area contributed by atoms with Crippen LogP contribution in [-0.4, -0.2) is 29.1 Å². The minimum atomic E-state index is 0.0890. The van der Waals surface area contributed by atoms with E-state index in [0.717, 1.165) is 12.2 Å². The monoisotopic (exact) mass is 219 g/mol. The van der Waals surface area contributed by atoms with Crippen LogP contribution in [0.1, 0.15) is 25.6 Å². The normalized spacial score (nSPS) is 31.0. The van der Waals surface area contributed by atoms with E-state index in [1.807, 2.05) is 0 Å². The molecule has 0 spiro atoms. The Morgan fingerprint density at radius 3 is 2.93 bits per heavy atom. The minimum Gasteiger partial charge on any atom is -0.252 e. The van der Waals surface area contributed by atoms with E-state index >= 15 is 0 Å². The standard InChI is InChI=1S/C12H15N2S/c1-11(2)8-14-6-10-9(4-5-15-10)13-7-12(11,14)3/h4-7H,8H2,1-3H3/q+1. The van der Waals surface area contributed by atoms with E-state index < -0.39 is 0 Å². The Bertz CT molecular complexity index is 482. The predicted molar refractivity (Wildman–Crippen MR) is 65.0 cm³/mol. The molecule has 2 aliphatic rings. The summed E-state index contributed by atoms with van der Waals surface area (Å²) in [6.45, 7) is 8.01. The molecule has 0 amide bonds. The third-order valence-electron chi connectivity index (χ3n) is 3.93. The summed E-state index contributed by atoms with van der Waals surface area (Å²) < 4.78 is 2.40. The maximum absolute atomic E-state index is 4.61. The van der Waals surface area contributed by atoms with Gasteiger partial charge >= 0.3 is 0 Å². The molecule has 3 rings (SSSR count). The number of nitrogens with zero attached hydrogens (tertiary/aromatic N) is 2. The van der Waals surface area contributed by atoms with Crippen LogP contribution in [0.3, 0.4) is 0 Å². The second-order valence-corrected chi connectivity index (χ2v) is 6.16. The number of aliphatic imine (C=N–C) groups is 1. The van der Waals surface area contributed by atoms with Gasteiger partial charge in [-0.1, -0.05) is 0 Å². The van der Waals surface area contributed by atoms with Gasteiger partial charge in [-0.25, -0.2) is 4.58 Å². The van der Waals surface area contributed by atoms with E-state index in [0.29, 0.717) is 5.41 Å². The number of hydrogen-bond acceptors (Lipinski definition) is 2. The lowest BCUT2D eigenvalue weighted by Crippen LogP contribution is -2.67. The molecule has 1 atom stereocenters. The summed E-state index contributed by atoms with van der Waals surface area (Å²) >= 11 is 1.77. The quantitative estimate of drug-likeness (QED) is 0.596. The Morgan fingerprint density at radius 1 is 1.40 bits per heavy atom. The van der Waals surface area contributed by atoms with Crippen LogP contribution in [0.25, 0.3) is 0 Å². The fourth-order valence-corrected chi connectivity index (χ4v) is 3.10. The van der Waals surface area contributed by atoms with Gasteiger partial charge in [-0.05, 0) is 25.3 Å². The number of fused-ring (bicyclic) bond motifs is 2. The van der Waals surface area contributed by atoms with Crippen LogP contribution in [0.4, 0.5) is 5.69 Å². The van der Waals surface area contributed by atoms with Gasteiger partial charge in [-0.15, -0.1) is 11.3 Å². The second-order valence-electron chi connectivity index (χ2n) is 5.22. The van der Waals surface area contributed by atoms with Crippen LogP contribution in [-0.2, 0) is 0 Å². The molecule has 0 N–H and O–H groups in total. The molecule has 3 heteroatoms. The molecule has 1 aromatic heterocycles. The van der Waals surface area contributed by atoms with Crippen LogP contribution in [0, 0.1) is 5.41 Å². The molecular formula is C12H15N2S+. The van der Waals surface area contributed by atoms with Gasteiger partial charge in [0.2, 0.25) is 5.54 Å². The smallest absolute Gasteiger partial charge is 0.205 e. The van der Waals surface area contributed by atoms with Gasteiger partial charge in [-0.3, -0.25) is 4.99 Å². The maximum Gasteiger partial charge on any atom is 0.205 e. The van der Waals surface area contributed by atoms with E-state index in [2.05, 4.69) is 54.2 Å². The van der Waals surface area contributed by atoms with E-state index in [1.54, 1.807) is 11.3 Å². The fourth-order valence-electron chi connectivity index (χ4n) is 2.33. The Balaban J connectivity index is 2.16. The van der Waals surface area contributed by atoms with Gasteiger partial charge in [0.05, 0.1) is 17.3 Å². The van der Waals surface area contributed by atoms with Crippen LogP contribution >= 0.6 is 11.3 Å². The van der Waals surface area contributed by atoms with Gasteiger partial charge in [-0.2, -0.15) is 0 Å². The van der Waals surface area contributed by atoms with E-state index in [-0.39, 0.29) is 5.54 Å². The van der Waals surface area contributed by atoms with Crippen LogP contribution in [0.15, 0.2) is 16.4 Å². The Hall–Kier alpha value is -0.960. The fraction of sp³-hybridized carbons (Fsp3) is 0.500. The molecular weight excluding hydrogens is 204 g/mol. The maximum atomic E-state index is 4.61. The molecule has 0 bridgehead atoms. The summed E-state index contributed by atoms with van der Waals surface area (Å²) in [5, 5.41) is 2.10. The summed E-state index contributed by atoms with van der Waals surface area (Å²) in [7, 11) is 0. The van der Waals surface area contributed by atoms with E-state index in [9.17, 15) is 0 Å². The Kier molecular flexibility index (Phi) is 1.60. The van der Waals surface area contributed by atoms with Crippen molar-refractivity contribution < 1.29 is 4.58 Å². The first-order chi connectivity index (χ1) is 7.03. The lowest BCUT2D eigenvalue weighted by molar-refractivity contribution is -0.681. The lowest BCUT2D eigenvalue weighted by Gasteiger charge is -2.46. The minimum absolute atomic E-state index is 0.0890. The van der Waals surface area contributed by atoms with Crippen molar-refractivity contribution in [1.29, 1.82) is 0 Å². The largest absolute Gasteiger partial charge is 0.252 e. The van der Waals surface area contributed by atoms with Gasteiger partial charge in [0.25, 0.3) is 0 Å². The highest BCUT2D eigenvalue weighted by atomic mass is 32.1. The molecule has 0 aliphatic carbocycles. The molecule has 0 aromatic carbocycles. The molecule has 0 radical (unpaired) electrons. The molecule has 3 heterocycles. The van der Waals surface area contributed by atoms with Gasteiger partial charge in [0.15, 0.2) is 12.8 Å². The van der Waals surface area contributed by atoms with Crippen molar-refractivity contribution in [2.75, 3.05) is 6.54 Å². The SMILES string of the molecule is CC1(C)C[N+]2=Cc3sccc3N=CC21C. The van der Waals surface area contributed by atoms with Crippen molar-refractivity contribution in [3.05, 3.63) is 16.3 Å². The summed E-state index contributed by atoms with van der Waals surface area (Å²) in [6, 6.07) is 2.09. The molecule has 15 heavy (non-hydrogen) atoms. The first-order valence-corrected chi connectivity index (χ1v) is 6.15. The summed E-state index contributed by atoms with van der Waals surface area (Å²) in [5.41, 5.74) is 1.53. The van der Waals surface area contributed by atoms with E-state index in [4.69, 9.17) is 0 Å². The molecule has 78 valence electrons. The zero-order valence-corrected chi connectivity index (χ0v) is 10.1. The first kappa shape index (κ1) is 9.28. The zero-order chi connectivity index (χ0) is 10.7. The molecule has 1 unspecified atom stereocenters. The highest BCUT2D eigenvalue weighted by molar-refractivity contribution is 7.12. The number of rotatable bonds is 0. The predicted octanol–water partition coefficient (Wildman–Crippen LogP) is 2.69. The lowest BCUT2D eigenvalue weighted by atomic mass is 9.66. The molecule has 2 nitrogen and oxygen atoms in total. The summed E-state index contributed by atoms with van der Waals surface area (Å²) in [5.74, 6) is 0. The topological polar surface area (TPSA) is 15.4 Å². The Morgan fingerprint density at radius 2 is 2.20 bits per heavy atom. The molecule has 2 aliphatic heterocycles. The summed E-state index contributed by atoms with van der Waals surface area (Å²) in [4.78, 5) is 5.89. The summed E-state index contributed by atoms with van der Waals surface area (Å²) in [6.07, 6.45) is 4.38. The zero-order valence-electron chi connectivity index (χ0n) is 9.32. The van der Waals surface area contributed by atoms with Crippen molar-refractivity contribution in [3.63, 3.8) is 0 Å². The van der Waals surface area contributed by atoms with Crippen molar-refractivity contribution in [2.24, 2.45) is 10.4 Å². The van der Waals surface area contributed by atoms with Crippen molar-refractivity contribution >= 4 is 29.5 Å². The molecule has 1 fully saturated rings. The average Bonchev–Trinajstić information content (AvgIpc) is 2.57. The van der Waals surface area contributed by atoms with Crippen LogP contribution in [0.5, 0.6) is 0 Å². The first-order valence-electron chi connectivity index (χ1n) is 5.27. The Labute approximate surface area is 94.0 Å². The number of hydrogen-bond donors (Lipinski definition) is 0. The van der Waals surface area contributed by atoms with Crippen molar-refractivity contribution in [1.82, 2.24) is 0 Å². The van der Waals surface area contributed by atoms with Gasteiger partial charge in [0.1, 0.15) is 4.88 Å².